The molecule has 9 nitrogen and oxygen atoms in total. The number of hydrogen-bond donors (Lipinski definition) is 1. The highest BCUT2D eigenvalue weighted by Crippen LogP contribution is 2.48. The number of hydrogen-bond acceptors (Lipinski definition) is 7. The number of carbonyl (C=O) groups is 1. The largest absolute Gasteiger partial charge is 0.417 e. The lowest BCUT2D eigenvalue weighted by molar-refractivity contribution is -0.137. The van der Waals surface area contributed by atoms with Gasteiger partial charge in [0, 0.05) is 59.1 Å². The average Bonchev–Trinajstić information content (AvgIpc) is 3.41. The van der Waals surface area contributed by atoms with Crippen molar-refractivity contribution in [2.75, 3.05) is 23.7 Å². The van der Waals surface area contributed by atoms with Crippen molar-refractivity contribution in [1.82, 2.24) is 29.6 Å². The lowest BCUT2D eigenvalue weighted by Gasteiger charge is -2.44. The normalized spacial score (nSPS) is 18.1. The number of piperazine rings is 1. The SMILES string of the molecule is C=CC(=O)N1C(C)CN(c2nc(=O)n3c4c(c(-c5ccc(F)cc5)c(C(F)(F)F)cc24)SCCC3)CC1C.c1cnc2[nH]ncc2c1. The number of alkyl halides is 3. The van der Waals surface area contributed by atoms with Gasteiger partial charge < -0.3 is 9.80 Å². The predicted molar refractivity (Wildman–Crippen MR) is 174 cm³/mol. The molecule has 1 saturated heterocycles. The van der Waals surface area contributed by atoms with E-state index in [1.807, 2.05) is 26.0 Å². The number of aryl methyl sites for hydroxylation is 1. The van der Waals surface area contributed by atoms with Gasteiger partial charge in [0.25, 0.3) is 0 Å². The number of nitrogens with zero attached hydrogens (tertiary/aromatic N) is 6. The molecule has 2 atom stereocenters. The number of carbonyl (C=O) groups excluding carboxylic acids is 1. The number of H-pyrrole nitrogens is 1. The highest BCUT2D eigenvalue weighted by Gasteiger charge is 2.39. The second kappa shape index (κ2) is 12.8. The van der Waals surface area contributed by atoms with Gasteiger partial charge in [-0.25, -0.2) is 14.2 Å². The molecule has 14 heteroatoms. The first-order valence-electron chi connectivity index (χ1n) is 15.0. The van der Waals surface area contributed by atoms with Crippen LogP contribution in [-0.4, -0.2) is 66.5 Å². The van der Waals surface area contributed by atoms with E-state index in [1.54, 1.807) is 22.2 Å². The summed E-state index contributed by atoms with van der Waals surface area (Å²) < 4.78 is 58.9. The molecule has 244 valence electrons. The monoisotopic (exact) mass is 665 g/mol. The summed E-state index contributed by atoms with van der Waals surface area (Å²) in [6.07, 6.45) is 0.594. The first-order valence-corrected chi connectivity index (χ1v) is 16.0. The quantitative estimate of drug-likeness (QED) is 0.179. The zero-order chi connectivity index (χ0) is 33.5. The van der Waals surface area contributed by atoms with E-state index in [0.29, 0.717) is 42.2 Å². The van der Waals surface area contributed by atoms with E-state index in [0.717, 1.165) is 29.2 Å². The molecule has 3 aromatic heterocycles. The van der Waals surface area contributed by atoms with Gasteiger partial charge >= 0.3 is 11.9 Å². The topological polar surface area (TPSA) is 100 Å². The Hall–Kier alpha value is -4.72. The summed E-state index contributed by atoms with van der Waals surface area (Å²) in [7, 11) is 0. The van der Waals surface area contributed by atoms with Crippen molar-refractivity contribution in [2.24, 2.45) is 0 Å². The summed E-state index contributed by atoms with van der Waals surface area (Å²) in [6, 6.07) is 9.27. The number of benzene rings is 2. The molecular formula is C33H31F4N7O2S. The van der Waals surface area contributed by atoms with Gasteiger partial charge in [0.2, 0.25) is 5.91 Å². The maximum atomic E-state index is 14.6. The smallest absolute Gasteiger partial charge is 0.352 e. The van der Waals surface area contributed by atoms with Crippen molar-refractivity contribution in [3.05, 3.63) is 89.4 Å². The Kier molecular flexibility index (Phi) is 8.79. The van der Waals surface area contributed by atoms with Crippen LogP contribution in [-0.2, 0) is 17.5 Å². The van der Waals surface area contributed by atoms with Crippen molar-refractivity contribution in [3.63, 3.8) is 0 Å². The number of pyridine rings is 1. The molecule has 2 unspecified atom stereocenters. The van der Waals surface area contributed by atoms with Gasteiger partial charge in [-0.3, -0.25) is 14.5 Å². The third-order valence-electron chi connectivity index (χ3n) is 8.27. The fourth-order valence-corrected chi connectivity index (χ4v) is 7.53. The third kappa shape index (κ3) is 6.21. The van der Waals surface area contributed by atoms with Crippen LogP contribution in [0.25, 0.3) is 33.1 Å². The van der Waals surface area contributed by atoms with Crippen molar-refractivity contribution >= 4 is 45.4 Å². The molecule has 0 bridgehead atoms. The van der Waals surface area contributed by atoms with Gasteiger partial charge in [-0.05, 0) is 68.0 Å². The van der Waals surface area contributed by atoms with Gasteiger partial charge in [-0.1, -0.05) is 18.7 Å². The first kappa shape index (κ1) is 32.2. The Bertz CT molecular complexity index is 1980. The van der Waals surface area contributed by atoms with E-state index in [4.69, 9.17) is 0 Å². The maximum Gasteiger partial charge on any atom is 0.417 e. The Morgan fingerprint density at radius 2 is 1.85 bits per heavy atom. The summed E-state index contributed by atoms with van der Waals surface area (Å²) in [5, 5.41) is 7.86. The van der Waals surface area contributed by atoms with E-state index in [-0.39, 0.29) is 40.3 Å². The van der Waals surface area contributed by atoms with Gasteiger partial charge in [-0.15, -0.1) is 11.8 Å². The number of amides is 1. The van der Waals surface area contributed by atoms with E-state index in [9.17, 15) is 27.2 Å². The summed E-state index contributed by atoms with van der Waals surface area (Å²) >= 11 is 1.27. The maximum absolute atomic E-state index is 14.6. The molecule has 0 aliphatic carbocycles. The minimum atomic E-state index is -4.71. The van der Waals surface area contributed by atoms with E-state index in [2.05, 4.69) is 26.7 Å². The number of anilines is 1. The fourth-order valence-electron chi connectivity index (χ4n) is 6.32. The van der Waals surface area contributed by atoms with Crippen LogP contribution in [0.1, 0.15) is 25.8 Å². The van der Waals surface area contributed by atoms with Gasteiger partial charge in [-0.2, -0.15) is 23.3 Å². The van der Waals surface area contributed by atoms with E-state index < -0.39 is 23.2 Å². The Balaban J connectivity index is 0.000000366. The molecule has 0 saturated carbocycles. The van der Waals surface area contributed by atoms with Crippen LogP contribution >= 0.6 is 11.8 Å². The molecule has 7 rings (SSSR count). The predicted octanol–water partition coefficient (Wildman–Crippen LogP) is 6.29. The molecular weight excluding hydrogens is 634 g/mol. The van der Waals surface area contributed by atoms with E-state index >= 15 is 0 Å². The third-order valence-corrected chi connectivity index (χ3v) is 9.45. The lowest BCUT2D eigenvalue weighted by atomic mass is 9.96. The molecule has 5 heterocycles. The van der Waals surface area contributed by atoms with Crippen LogP contribution in [0.3, 0.4) is 0 Å². The highest BCUT2D eigenvalue weighted by atomic mass is 32.2. The summed E-state index contributed by atoms with van der Waals surface area (Å²) in [6.45, 7) is 8.15. The molecule has 1 N–H and O–H groups in total. The minimum absolute atomic E-state index is 0.0645. The van der Waals surface area contributed by atoms with Gasteiger partial charge in [0.1, 0.15) is 11.6 Å². The number of thioether (sulfide) groups is 1. The zero-order valence-electron chi connectivity index (χ0n) is 25.6. The Morgan fingerprint density at radius 1 is 1.13 bits per heavy atom. The molecule has 2 aliphatic rings. The summed E-state index contributed by atoms with van der Waals surface area (Å²) in [5.74, 6) is -0.101. The van der Waals surface area contributed by atoms with Crippen LogP contribution in [0.15, 0.2) is 77.2 Å². The zero-order valence-corrected chi connectivity index (χ0v) is 26.4. The molecule has 2 aliphatic heterocycles. The van der Waals surface area contributed by atoms with Crippen LogP contribution in [0.4, 0.5) is 23.4 Å². The molecule has 0 radical (unpaired) electrons. The van der Waals surface area contributed by atoms with Crippen molar-refractivity contribution in [1.29, 1.82) is 0 Å². The Labute approximate surface area is 271 Å². The molecule has 47 heavy (non-hydrogen) atoms. The number of aromatic nitrogens is 5. The second-order valence-corrected chi connectivity index (χ2v) is 12.6. The first-order chi connectivity index (χ1) is 22.5. The van der Waals surface area contributed by atoms with Crippen molar-refractivity contribution < 1.29 is 22.4 Å². The van der Waals surface area contributed by atoms with Gasteiger partial charge in [0.15, 0.2) is 5.65 Å². The van der Waals surface area contributed by atoms with Crippen LogP contribution < -0.4 is 10.6 Å². The van der Waals surface area contributed by atoms with Crippen molar-refractivity contribution in [2.45, 2.75) is 50.0 Å². The number of rotatable bonds is 3. The Morgan fingerprint density at radius 3 is 2.51 bits per heavy atom. The number of fused-ring (bicyclic) bond motifs is 1. The van der Waals surface area contributed by atoms with Crippen molar-refractivity contribution in [3.8, 4) is 11.1 Å². The highest BCUT2D eigenvalue weighted by molar-refractivity contribution is 7.99. The average molecular weight is 666 g/mol. The summed E-state index contributed by atoms with van der Waals surface area (Å²) in [5.41, 5.74) is 0.00513. The number of aromatic amines is 1. The number of halogens is 4. The molecule has 0 spiro atoms. The molecule has 1 amide bonds. The summed E-state index contributed by atoms with van der Waals surface area (Å²) in [4.78, 5) is 37.8. The minimum Gasteiger partial charge on any atom is -0.352 e. The van der Waals surface area contributed by atoms with Gasteiger partial charge in [0.05, 0.1) is 17.3 Å². The second-order valence-electron chi connectivity index (χ2n) is 11.5. The van der Waals surface area contributed by atoms with Crippen LogP contribution in [0.2, 0.25) is 0 Å². The van der Waals surface area contributed by atoms with Crippen LogP contribution in [0.5, 0.6) is 0 Å². The standard InChI is InChI=1S/C27H26F4N4O2S.C6H5N3/c1-4-21(36)35-15(2)13-33(14-16(35)3)25-19-12-20(27(29,30)31)22(17-6-8-18(28)9-7-17)24-23(19)34(26(37)32-25)10-5-11-38-24;1-2-5-4-8-9-6(5)7-3-1/h4,6-9,12,15-16H,1,5,10-11,13-14H2,2-3H3;1-4H,(H,7,8,9). The molecule has 1 fully saturated rings. The molecule has 5 aromatic rings. The fraction of sp³-hybridized carbons (Fsp3) is 0.303. The molecule has 2 aromatic carbocycles. The lowest BCUT2D eigenvalue weighted by Crippen LogP contribution is -2.58. The van der Waals surface area contributed by atoms with E-state index in [1.165, 1.54) is 34.5 Å². The number of nitrogens with one attached hydrogen (secondary N) is 1. The van der Waals surface area contributed by atoms with Crippen LogP contribution in [0, 0.1) is 5.82 Å².